The van der Waals surface area contributed by atoms with Crippen LogP contribution < -0.4 is 20.4 Å². The highest BCUT2D eigenvalue weighted by Gasteiger charge is 2.22. The SMILES string of the molecule is CC1CCN(c2cc(N3CCC[C@H](C)C3)nc(NC(=S)NCc3ccc(Cl)cc3)n2)CC1. The molecular formula is C24H33ClN6S. The van der Waals surface area contributed by atoms with Crippen molar-refractivity contribution < 1.29 is 0 Å². The van der Waals surface area contributed by atoms with Gasteiger partial charge in [0.1, 0.15) is 11.6 Å². The molecule has 3 heterocycles. The molecule has 0 amide bonds. The first-order valence-electron chi connectivity index (χ1n) is 11.6. The Kier molecular flexibility index (Phi) is 7.68. The maximum absolute atomic E-state index is 5.97. The van der Waals surface area contributed by atoms with Crippen molar-refractivity contribution >= 4 is 46.5 Å². The van der Waals surface area contributed by atoms with Crippen molar-refractivity contribution in [3.05, 3.63) is 40.9 Å². The van der Waals surface area contributed by atoms with Gasteiger partial charge in [0.15, 0.2) is 5.11 Å². The van der Waals surface area contributed by atoms with Gasteiger partial charge in [-0.3, -0.25) is 0 Å². The van der Waals surface area contributed by atoms with Crippen LogP contribution in [0.4, 0.5) is 17.6 Å². The Morgan fingerprint density at radius 3 is 2.38 bits per heavy atom. The number of benzene rings is 1. The zero-order valence-electron chi connectivity index (χ0n) is 19.0. The summed E-state index contributed by atoms with van der Waals surface area (Å²) < 4.78 is 0. The fourth-order valence-electron chi connectivity index (χ4n) is 4.37. The van der Waals surface area contributed by atoms with E-state index in [1.807, 2.05) is 24.3 Å². The van der Waals surface area contributed by atoms with E-state index in [-0.39, 0.29) is 0 Å². The molecule has 0 radical (unpaired) electrons. The Balaban J connectivity index is 1.48. The van der Waals surface area contributed by atoms with Crippen molar-refractivity contribution in [2.45, 2.75) is 46.1 Å². The molecule has 8 heteroatoms. The number of thiocarbonyl (C=S) groups is 1. The van der Waals surface area contributed by atoms with Crippen LogP contribution in [0, 0.1) is 11.8 Å². The first kappa shape index (κ1) is 23.1. The first-order valence-corrected chi connectivity index (χ1v) is 12.4. The van der Waals surface area contributed by atoms with E-state index in [2.05, 4.69) is 40.3 Å². The van der Waals surface area contributed by atoms with E-state index in [1.54, 1.807) is 0 Å². The molecule has 0 saturated carbocycles. The number of anilines is 3. The largest absolute Gasteiger partial charge is 0.358 e. The molecule has 32 heavy (non-hydrogen) atoms. The van der Waals surface area contributed by atoms with E-state index in [9.17, 15) is 0 Å². The van der Waals surface area contributed by atoms with Crippen LogP contribution in [0.5, 0.6) is 0 Å². The Hall–Kier alpha value is -2.12. The van der Waals surface area contributed by atoms with Crippen LogP contribution in [-0.4, -0.2) is 41.3 Å². The lowest BCUT2D eigenvalue weighted by atomic mass is 9.99. The van der Waals surface area contributed by atoms with Crippen molar-refractivity contribution in [1.82, 2.24) is 15.3 Å². The summed E-state index contributed by atoms with van der Waals surface area (Å²) in [6.45, 7) is 9.40. The van der Waals surface area contributed by atoms with Gasteiger partial charge in [-0.25, -0.2) is 0 Å². The van der Waals surface area contributed by atoms with Gasteiger partial charge in [0.25, 0.3) is 0 Å². The highest BCUT2D eigenvalue weighted by molar-refractivity contribution is 7.80. The predicted octanol–water partition coefficient (Wildman–Crippen LogP) is 5.09. The molecule has 0 aliphatic carbocycles. The third kappa shape index (κ3) is 6.23. The van der Waals surface area contributed by atoms with Gasteiger partial charge in [0, 0.05) is 43.8 Å². The van der Waals surface area contributed by atoms with Crippen LogP contribution in [0.25, 0.3) is 0 Å². The number of piperidine rings is 2. The zero-order valence-corrected chi connectivity index (χ0v) is 20.6. The maximum Gasteiger partial charge on any atom is 0.232 e. The van der Waals surface area contributed by atoms with Crippen molar-refractivity contribution in [2.24, 2.45) is 11.8 Å². The van der Waals surface area contributed by atoms with E-state index in [0.717, 1.165) is 54.3 Å². The van der Waals surface area contributed by atoms with E-state index in [4.69, 9.17) is 33.8 Å². The summed E-state index contributed by atoms with van der Waals surface area (Å²) in [7, 11) is 0. The van der Waals surface area contributed by atoms with Crippen molar-refractivity contribution in [3.8, 4) is 0 Å². The molecule has 6 nitrogen and oxygen atoms in total. The van der Waals surface area contributed by atoms with Crippen LogP contribution in [0.1, 0.15) is 45.1 Å². The second-order valence-electron chi connectivity index (χ2n) is 9.21. The van der Waals surface area contributed by atoms with Crippen LogP contribution in [0.15, 0.2) is 30.3 Å². The van der Waals surface area contributed by atoms with Crippen LogP contribution in [0.2, 0.25) is 5.02 Å². The minimum atomic E-state index is 0.516. The van der Waals surface area contributed by atoms with E-state index in [0.29, 0.717) is 23.5 Å². The molecule has 0 spiro atoms. The van der Waals surface area contributed by atoms with E-state index in [1.165, 1.54) is 25.7 Å². The summed E-state index contributed by atoms with van der Waals surface area (Å²) in [6, 6.07) is 9.90. The topological polar surface area (TPSA) is 56.3 Å². The molecular weight excluding hydrogens is 440 g/mol. The molecule has 2 aliphatic rings. The third-order valence-corrected chi connectivity index (χ3v) is 6.88. The number of halogens is 1. The number of nitrogens with one attached hydrogen (secondary N) is 2. The fraction of sp³-hybridized carbons (Fsp3) is 0.542. The third-order valence-electron chi connectivity index (χ3n) is 6.38. The summed E-state index contributed by atoms with van der Waals surface area (Å²) >= 11 is 11.5. The lowest BCUT2D eigenvalue weighted by Gasteiger charge is -2.34. The zero-order chi connectivity index (χ0) is 22.5. The Morgan fingerprint density at radius 2 is 1.69 bits per heavy atom. The van der Waals surface area contributed by atoms with Gasteiger partial charge in [-0.2, -0.15) is 9.97 Å². The summed E-state index contributed by atoms with van der Waals surface area (Å²) in [5.74, 6) is 3.99. The average molecular weight is 473 g/mol. The molecule has 2 N–H and O–H groups in total. The van der Waals surface area contributed by atoms with Gasteiger partial charge in [-0.15, -0.1) is 0 Å². The summed E-state index contributed by atoms with van der Waals surface area (Å²) in [6.07, 6.45) is 4.88. The molecule has 0 unspecified atom stereocenters. The Bertz CT molecular complexity index is 913. The van der Waals surface area contributed by atoms with Gasteiger partial charge in [-0.1, -0.05) is 37.6 Å². The normalized spacial score (nSPS) is 19.7. The Morgan fingerprint density at radius 1 is 1.00 bits per heavy atom. The number of hydrogen-bond donors (Lipinski definition) is 2. The monoisotopic (exact) mass is 472 g/mol. The van der Waals surface area contributed by atoms with Crippen molar-refractivity contribution in [1.29, 1.82) is 0 Å². The number of hydrogen-bond acceptors (Lipinski definition) is 5. The summed E-state index contributed by atoms with van der Waals surface area (Å²) in [5, 5.41) is 7.71. The maximum atomic E-state index is 5.97. The lowest BCUT2D eigenvalue weighted by Crippen LogP contribution is -2.37. The minimum Gasteiger partial charge on any atom is -0.358 e. The molecule has 2 saturated heterocycles. The van der Waals surface area contributed by atoms with Crippen LogP contribution in [0.3, 0.4) is 0 Å². The summed E-state index contributed by atoms with van der Waals surface area (Å²) in [4.78, 5) is 14.4. The smallest absolute Gasteiger partial charge is 0.232 e. The lowest BCUT2D eigenvalue weighted by molar-refractivity contribution is 0.435. The van der Waals surface area contributed by atoms with Gasteiger partial charge in [0.05, 0.1) is 0 Å². The standard InChI is InChI=1S/C24H33ClN6S/c1-17-9-12-30(13-10-17)21-14-22(31-11-3-4-18(2)16-31)28-23(27-21)29-24(32)26-15-19-5-7-20(25)8-6-19/h5-8,14,17-18H,3-4,9-13,15-16H2,1-2H3,(H2,26,27,28,29,32)/t18-/m0/s1. The first-order chi connectivity index (χ1) is 15.5. The van der Waals surface area contributed by atoms with Crippen molar-refractivity contribution in [2.75, 3.05) is 41.3 Å². The van der Waals surface area contributed by atoms with Crippen LogP contribution in [-0.2, 0) is 6.54 Å². The second kappa shape index (κ2) is 10.7. The molecule has 4 rings (SSSR count). The molecule has 172 valence electrons. The predicted molar refractivity (Wildman–Crippen MR) is 138 cm³/mol. The molecule has 0 bridgehead atoms. The van der Waals surface area contributed by atoms with Crippen molar-refractivity contribution in [3.63, 3.8) is 0 Å². The quantitative estimate of drug-likeness (QED) is 0.588. The number of aromatic nitrogens is 2. The molecule has 1 atom stereocenters. The number of rotatable bonds is 5. The molecule has 2 aliphatic heterocycles. The average Bonchev–Trinajstić information content (AvgIpc) is 2.79. The minimum absolute atomic E-state index is 0.516. The van der Waals surface area contributed by atoms with Gasteiger partial charge in [0.2, 0.25) is 5.95 Å². The van der Waals surface area contributed by atoms with Gasteiger partial charge in [-0.05, 0) is 67.4 Å². The van der Waals surface area contributed by atoms with E-state index < -0.39 is 0 Å². The molecule has 1 aromatic carbocycles. The van der Waals surface area contributed by atoms with E-state index >= 15 is 0 Å². The second-order valence-corrected chi connectivity index (χ2v) is 10.0. The molecule has 1 aromatic heterocycles. The Labute approximate surface area is 201 Å². The van der Waals surface area contributed by atoms with Crippen LogP contribution >= 0.6 is 23.8 Å². The van der Waals surface area contributed by atoms with Gasteiger partial charge >= 0.3 is 0 Å². The fourth-order valence-corrected chi connectivity index (χ4v) is 4.66. The molecule has 2 aromatic rings. The molecule has 2 fully saturated rings. The highest BCUT2D eigenvalue weighted by Crippen LogP contribution is 2.28. The highest BCUT2D eigenvalue weighted by atomic mass is 35.5. The summed E-state index contributed by atoms with van der Waals surface area (Å²) in [5.41, 5.74) is 1.11. The van der Waals surface area contributed by atoms with Gasteiger partial charge < -0.3 is 20.4 Å². The number of nitrogens with zero attached hydrogens (tertiary/aromatic N) is 4.